The van der Waals surface area contributed by atoms with Gasteiger partial charge in [-0.15, -0.1) is 0 Å². The fourth-order valence-electron chi connectivity index (χ4n) is 6.34. The quantitative estimate of drug-likeness (QED) is 0.233. The number of hydrogen-bond acceptors (Lipinski definition) is 4. The predicted octanol–water partition coefficient (Wildman–Crippen LogP) is 6.74. The number of piperidine rings is 1. The van der Waals surface area contributed by atoms with Crippen LogP contribution in [0.3, 0.4) is 0 Å². The highest BCUT2D eigenvalue weighted by Gasteiger charge is 2.34. The third-order valence-corrected chi connectivity index (χ3v) is 8.77. The number of nitrogens with zero attached hydrogens (tertiary/aromatic N) is 4. The van der Waals surface area contributed by atoms with Gasteiger partial charge in [-0.1, -0.05) is 66.2 Å². The van der Waals surface area contributed by atoms with E-state index in [0.717, 1.165) is 68.9 Å². The van der Waals surface area contributed by atoms with E-state index in [1.54, 1.807) is 13.1 Å². The molecule has 0 radical (unpaired) electrons. The smallest absolute Gasteiger partial charge is 0.257 e. The van der Waals surface area contributed by atoms with E-state index in [9.17, 15) is 9.59 Å². The van der Waals surface area contributed by atoms with E-state index in [-0.39, 0.29) is 17.6 Å². The molecule has 0 aliphatic carbocycles. The monoisotopic (exact) mass is 566 g/mol. The zero-order valence-corrected chi connectivity index (χ0v) is 24.1. The minimum Gasteiger partial charge on any atom is -0.338 e. The molecule has 1 unspecified atom stereocenters. The molecule has 2 fully saturated rings. The summed E-state index contributed by atoms with van der Waals surface area (Å²) in [6.07, 6.45) is 4.76. The topological polar surface area (TPSA) is 58.4 Å². The van der Waals surface area contributed by atoms with Crippen molar-refractivity contribution < 1.29 is 9.59 Å². The standard InChI is InChI=1S/C34H35ClN4O2/c1-24(40)26-11-9-25(10-12-26)21-37-18-5-8-29(22-37)33-32(20-36-39(33)31-15-13-30(35)14-16-31)34(41)38-19-17-28(23-38)27-6-3-2-4-7-27/h2-4,6-7,9-16,20,28-29H,5,8,17-19,21-23H2,1H3/t28-,29?/m0/s1. The number of halogens is 1. The lowest BCUT2D eigenvalue weighted by Crippen LogP contribution is -2.36. The number of rotatable bonds is 7. The Morgan fingerprint density at radius 3 is 2.37 bits per heavy atom. The maximum absolute atomic E-state index is 14.1. The summed E-state index contributed by atoms with van der Waals surface area (Å²) in [6.45, 7) is 5.70. The molecule has 7 heteroatoms. The van der Waals surface area contributed by atoms with Crippen LogP contribution < -0.4 is 0 Å². The van der Waals surface area contributed by atoms with Crippen LogP contribution in [-0.2, 0) is 6.54 Å². The van der Waals surface area contributed by atoms with Crippen molar-refractivity contribution in [3.05, 3.63) is 118 Å². The van der Waals surface area contributed by atoms with Crippen LogP contribution in [0.2, 0.25) is 5.02 Å². The van der Waals surface area contributed by atoms with Gasteiger partial charge in [0.15, 0.2) is 5.78 Å². The summed E-state index contributed by atoms with van der Waals surface area (Å²) in [4.78, 5) is 30.2. The molecule has 4 aromatic rings. The van der Waals surface area contributed by atoms with Crippen LogP contribution in [0.25, 0.3) is 5.69 Å². The Balaban J connectivity index is 1.27. The Labute approximate surface area is 246 Å². The Kier molecular flexibility index (Phi) is 8.04. The van der Waals surface area contributed by atoms with E-state index >= 15 is 0 Å². The molecule has 2 aliphatic heterocycles. The van der Waals surface area contributed by atoms with Crippen molar-refractivity contribution >= 4 is 23.3 Å². The van der Waals surface area contributed by atoms with E-state index in [2.05, 4.69) is 29.2 Å². The third kappa shape index (κ3) is 5.99. The van der Waals surface area contributed by atoms with Crippen LogP contribution in [0.1, 0.15) is 75.6 Å². The molecule has 2 saturated heterocycles. The minimum absolute atomic E-state index is 0.0654. The first kappa shape index (κ1) is 27.4. The molecule has 41 heavy (non-hydrogen) atoms. The third-order valence-electron chi connectivity index (χ3n) is 8.51. The average molecular weight is 567 g/mol. The minimum atomic E-state index is 0.0654. The molecule has 1 amide bonds. The molecule has 3 aromatic carbocycles. The second-order valence-electron chi connectivity index (χ2n) is 11.3. The summed E-state index contributed by atoms with van der Waals surface area (Å²) in [6, 6.07) is 26.1. The number of aromatic nitrogens is 2. The summed E-state index contributed by atoms with van der Waals surface area (Å²) >= 11 is 6.20. The molecule has 0 saturated carbocycles. The lowest BCUT2D eigenvalue weighted by Gasteiger charge is -2.33. The van der Waals surface area contributed by atoms with Crippen LogP contribution in [0.4, 0.5) is 0 Å². The molecule has 210 valence electrons. The molecule has 6 nitrogen and oxygen atoms in total. The Hall–Kier alpha value is -3.74. The lowest BCUT2D eigenvalue weighted by molar-refractivity contribution is 0.0787. The summed E-state index contributed by atoms with van der Waals surface area (Å²) < 4.78 is 1.95. The van der Waals surface area contributed by atoms with Crippen molar-refractivity contribution in [1.82, 2.24) is 19.6 Å². The largest absolute Gasteiger partial charge is 0.338 e. The van der Waals surface area contributed by atoms with Crippen LogP contribution in [-0.4, -0.2) is 57.4 Å². The molecule has 3 heterocycles. The highest BCUT2D eigenvalue weighted by molar-refractivity contribution is 6.30. The second-order valence-corrected chi connectivity index (χ2v) is 11.7. The Morgan fingerprint density at radius 1 is 0.878 bits per heavy atom. The average Bonchev–Trinajstić information content (AvgIpc) is 3.67. The number of ketones is 1. The van der Waals surface area contributed by atoms with Crippen molar-refractivity contribution in [1.29, 1.82) is 0 Å². The van der Waals surface area contributed by atoms with Gasteiger partial charge in [0, 0.05) is 48.6 Å². The van der Waals surface area contributed by atoms with Gasteiger partial charge >= 0.3 is 0 Å². The summed E-state index contributed by atoms with van der Waals surface area (Å²) in [5.74, 6) is 0.658. The molecule has 2 aliphatic rings. The van der Waals surface area contributed by atoms with Crippen molar-refractivity contribution in [2.75, 3.05) is 26.2 Å². The summed E-state index contributed by atoms with van der Waals surface area (Å²) in [7, 11) is 0. The molecule has 0 bridgehead atoms. The Morgan fingerprint density at radius 2 is 1.63 bits per heavy atom. The molecule has 6 rings (SSSR count). The van der Waals surface area contributed by atoms with Crippen molar-refractivity contribution in [3.8, 4) is 5.69 Å². The normalized spacial score (nSPS) is 19.4. The van der Waals surface area contributed by atoms with Crippen molar-refractivity contribution in [2.45, 2.75) is 44.6 Å². The second kappa shape index (κ2) is 12.0. The first-order chi connectivity index (χ1) is 20.0. The first-order valence-electron chi connectivity index (χ1n) is 14.5. The van der Waals surface area contributed by atoms with E-state index < -0.39 is 0 Å². The molecule has 0 N–H and O–H groups in total. The number of amides is 1. The zero-order valence-electron chi connectivity index (χ0n) is 23.4. The first-order valence-corrected chi connectivity index (χ1v) is 14.8. The number of likely N-dealkylation sites (tertiary alicyclic amines) is 2. The summed E-state index contributed by atoms with van der Waals surface area (Å²) in [5.41, 5.74) is 5.80. The molecular formula is C34H35ClN4O2. The van der Waals surface area contributed by atoms with Gasteiger partial charge in [-0.2, -0.15) is 5.10 Å². The number of carbonyl (C=O) groups is 2. The van der Waals surface area contributed by atoms with E-state index in [4.69, 9.17) is 16.7 Å². The maximum Gasteiger partial charge on any atom is 0.257 e. The van der Waals surface area contributed by atoms with Gasteiger partial charge in [0.2, 0.25) is 0 Å². The lowest BCUT2D eigenvalue weighted by atomic mass is 9.91. The van der Waals surface area contributed by atoms with Gasteiger partial charge < -0.3 is 4.90 Å². The van der Waals surface area contributed by atoms with Gasteiger partial charge in [-0.05, 0) is 68.1 Å². The molecular weight excluding hydrogens is 532 g/mol. The number of benzene rings is 3. The van der Waals surface area contributed by atoms with Crippen LogP contribution in [0.15, 0.2) is 85.1 Å². The van der Waals surface area contributed by atoms with Gasteiger partial charge in [-0.3, -0.25) is 14.5 Å². The van der Waals surface area contributed by atoms with E-state index in [1.807, 2.05) is 64.2 Å². The van der Waals surface area contributed by atoms with Gasteiger partial charge in [0.25, 0.3) is 5.91 Å². The Bertz CT molecular complexity index is 1510. The molecule has 0 spiro atoms. The number of hydrogen-bond donors (Lipinski definition) is 0. The highest BCUT2D eigenvalue weighted by Crippen LogP contribution is 2.34. The predicted molar refractivity (Wildman–Crippen MR) is 162 cm³/mol. The van der Waals surface area contributed by atoms with Gasteiger partial charge in [0.05, 0.1) is 23.1 Å². The van der Waals surface area contributed by atoms with Crippen LogP contribution in [0.5, 0.6) is 0 Å². The number of Topliss-reactive ketones (excluding diaryl/α,β-unsaturated/α-hetero) is 1. The van der Waals surface area contributed by atoms with Gasteiger partial charge in [0.1, 0.15) is 0 Å². The number of carbonyl (C=O) groups excluding carboxylic acids is 2. The van der Waals surface area contributed by atoms with Crippen molar-refractivity contribution in [2.24, 2.45) is 0 Å². The maximum atomic E-state index is 14.1. The zero-order chi connectivity index (χ0) is 28.3. The SMILES string of the molecule is CC(=O)c1ccc(CN2CCCC(c3c(C(=O)N4CC[C@H](c5ccccc5)C4)cnn3-c3ccc(Cl)cc3)C2)cc1. The molecule has 2 atom stereocenters. The van der Waals surface area contributed by atoms with E-state index in [0.29, 0.717) is 16.5 Å². The van der Waals surface area contributed by atoms with Gasteiger partial charge in [-0.25, -0.2) is 4.68 Å². The fraction of sp³-hybridized carbons (Fsp3) is 0.324. The van der Waals surface area contributed by atoms with E-state index in [1.165, 1.54) is 11.1 Å². The fourth-order valence-corrected chi connectivity index (χ4v) is 6.47. The molecule has 1 aromatic heterocycles. The summed E-state index contributed by atoms with van der Waals surface area (Å²) in [5, 5.41) is 5.44. The van der Waals surface area contributed by atoms with Crippen molar-refractivity contribution in [3.63, 3.8) is 0 Å². The van der Waals surface area contributed by atoms with Crippen LogP contribution in [0, 0.1) is 0 Å². The van der Waals surface area contributed by atoms with Crippen LogP contribution >= 0.6 is 11.6 Å². The highest BCUT2D eigenvalue weighted by atomic mass is 35.5.